The minimum Gasteiger partial charge on any atom is -0.493 e. The summed E-state index contributed by atoms with van der Waals surface area (Å²) in [5.41, 5.74) is 1.06. The highest BCUT2D eigenvalue weighted by Gasteiger charge is 2.35. The zero-order valence-electron chi connectivity index (χ0n) is 17.5. The van der Waals surface area contributed by atoms with Crippen LogP contribution in [0.4, 0.5) is 5.69 Å². The number of thiophene rings is 1. The van der Waals surface area contributed by atoms with Gasteiger partial charge in [-0.15, -0.1) is 11.3 Å². The van der Waals surface area contributed by atoms with Crippen molar-refractivity contribution in [2.75, 3.05) is 26.6 Å². The van der Waals surface area contributed by atoms with Gasteiger partial charge in [0.2, 0.25) is 21.5 Å². The topological polar surface area (TPSA) is 90.9 Å². The van der Waals surface area contributed by atoms with E-state index in [1.165, 1.54) is 56.9 Å². The number of carbonyl (C=O) groups excluding carboxylic acids is 1. The molecule has 32 heavy (non-hydrogen) atoms. The fraction of sp³-hybridized carbons (Fsp3) is 0.227. The van der Waals surface area contributed by atoms with Gasteiger partial charge in [0.25, 0.3) is 0 Å². The van der Waals surface area contributed by atoms with Crippen molar-refractivity contribution in [2.45, 2.75) is 22.1 Å². The summed E-state index contributed by atoms with van der Waals surface area (Å²) < 4.78 is 42.8. The Bertz CT molecular complexity index is 1260. The van der Waals surface area contributed by atoms with Gasteiger partial charge >= 0.3 is 0 Å². The molecule has 2 aromatic carbocycles. The third-order valence-electron chi connectivity index (χ3n) is 5.26. The zero-order valence-corrected chi connectivity index (χ0v) is 19.9. The number of hydrogen-bond acceptors (Lipinski definition) is 7. The Morgan fingerprint density at radius 2 is 1.66 bits per heavy atom. The van der Waals surface area contributed by atoms with Crippen molar-refractivity contribution in [1.82, 2.24) is 0 Å². The molecule has 2 heterocycles. The monoisotopic (exact) mass is 493 g/mol. The summed E-state index contributed by atoms with van der Waals surface area (Å²) in [7, 11) is 0.693. The second-order valence-corrected chi connectivity index (χ2v) is 10.3. The molecule has 1 amide bonds. The van der Waals surface area contributed by atoms with Crippen LogP contribution in [-0.4, -0.2) is 35.7 Å². The number of ether oxygens (including phenoxy) is 3. The molecule has 4 rings (SSSR count). The van der Waals surface area contributed by atoms with E-state index in [-0.39, 0.29) is 28.0 Å². The molecular formula is C22H20ClNO6S2. The van der Waals surface area contributed by atoms with E-state index in [0.29, 0.717) is 28.0 Å². The maximum Gasteiger partial charge on any atom is 0.225 e. The second-order valence-electron chi connectivity index (χ2n) is 7.06. The first-order chi connectivity index (χ1) is 15.3. The number of amides is 1. The van der Waals surface area contributed by atoms with Gasteiger partial charge < -0.3 is 19.5 Å². The fourth-order valence-electron chi connectivity index (χ4n) is 3.71. The molecule has 0 radical (unpaired) electrons. The van der Waals surface area contributed by atoms with Crippen molar-refractivity contribution in [2.24, 2.45) is 0 Å². The van der Waals surface area contributed by atoms with E-state index < -0.39 is 9.84 Å². The van der Waals surface area contributed by atoms with Crippen LogP contribution in [0.3, 0.4) is 0 Å². The maximum absolute atomic E-state index is 13.3. The Morgan fingerprint density at radius 1 is 1.03 bits per heavy atom. The average Bonchev–Trinajstić information content (AvgIpc) is 3.22. The summed E-state index contributed by atoms with van der Waals surface area (Å²) in [5, 5.41) is 4.75. The molecule has 1 aromatic heterocycles. The van der Waals surface area contributed by atoms with Gasteiger partial charge in [-0.1, -0.05) is 11.6 Å². The highest BCUT2D eigenvalue weighted by molar-refractivity contribution is 7.91. The van der Waals surface area contributed by atoms with Crippen LogP contribution in [0.15, 0.2) is 51.6 Å². The van der Waals surface area contributed by atoms with E-state index >= 15 is 0 Å². The number of sulfone groups is 1. The predicted molar refractivity (Wildman–Crippen MR) is 122 cm³/mol. The lowest BCUT2D eigenvalue weighted by Gasteiger charge is -2.25. The van der Waals surface area contributed by atoms with Gasteiger partial charge in [0.05, 0.1) is 31.9 Å². The van der Waals surface area contributed by atoms with E-state index in [4.69, 9.17) is 25.8 Å². The quantitative estimate of drug-likeness (QED) is 0.533. The molecule has 1 N–H and O–H groups in total. The number of methoxy groups -OCH3 is 3. The average molecular weight is 494 g/mol. The fourth-order valence-corrected chi connectivity index (χ4v) is 6.75. The lowest BCUT2D eigenvalue weighted by Crippen LogP contribution is -2.23. The number of fused-ring (bicyclic) bond motifs is 1. The molecule has 7 nitrogen and oxygen atoms in total. The van der Waals surface area contributed by atoms with Gasteiger partial charge in [0.15, 0.2) is 11.5 Å². The van der Waals surface area contributed by atoms with Crippen LogP contribution in [0.5, 0.6) is 17.2 Å². The number of hydrogen-bond donors (Lipinski definition) is 1. The molecule has 3 aromatic rings. The van der Waals surface area contributed by atoms with Crippen molar-refractivity contribution in [3.8, 4) is 17.2 Å². The lowest BCUT2D eigenvalue weighted by molar-refractivity contribution is -0.116. The molecule has 1 aliphatic rings. The Morgan fingerprint density at radius 3 is 2.22 bits per heavy atom. The standard InChI is InChI=1S/C22H20ClNO6S2/c1-28-16-8-12(9-17(29-2)21(16)30-3)15-10-19(25)24-20-18(11-31-22(15)20)32(26,27)14-6-4-13(23)5-7-14/h4-9,11,15H,10H2,1-3H3,(H,24,25). The molecule has 0 bridgehead atoms. The highest BCUT2D eigenvalue weighted by atomic mass is 35.5. The van der Waals surface area contributed by atoms with E-state index in [1.807, 2.05) is 0 Å². The summed E-state index contributed by atoms with van der Waals surface area (Å²) in [6, 6.07) is 9.49. The molecule has 0 saturated heterocycles. The van der Waals surface area contributed by atoms with Gasteiger partial charge in [-0.25, -0.2) is 8.42 Å². The van der Waals surface area contributed by atoms with Crippen molar-refractivity contribution in [3.05, 3.63) is 57.2 Å². The van der Waals surface area contributed by atoms with Crippen molar-refractivity contribution in [1.29, 1.82) is 0 Å². The van der Waals surface area contributed by atoms with Gasteiger partial charge in [0, 0.05) is 27.6 Å². The van der Waals surface area contributed by atoms with Crippen molar-refractivity contribution >= 4 is 44.4 Å². The zero-order chi connectivity index (χ0) is 23.0. The van der Waals surface area contributed by atoms with Crippen molar-refractivity contribution < 1.29 is 27.4 Å². The molecule has 0 aliphatic carbocycles. The molecule has 0 saturated carbocycles. The van der Waals surface area contributed by atoms with Gasteiger partial charge in [-0.2, -0.15) is 0 Å². The summed E-state index contributed by atoms with van der Waals surface area (Å²) in [6.07, 6.45) is 0.159. The number of halogens is 1. The Hall–Kier alpha value is -2.75. The van der Waals surface area contributed by atoms with Gasteiger partial charge in [-0.3, -0.25) is 4.79 Å². The number of anilines is 1. The summed E-state index contributed by atoms with van der Waals surface area (Å²) in [5.74, 6) is 0.713. The number of benzene rings is 2. The third-order valence-corrected chi connectivity index (χ3v) is 8.55. The third kappa shape index (κ3) is 3.80. The Balaban J connectivity index is 1.84. The first-order valence-corrected chi connectivity index (χ1v) is 12.3. The smallest absolute Gasteiger partial charge is 0.225 e. The van der Waals surface area contributed by atoms with Crippen LogP contribution < -0.4 is 19.5 Å². The summed E-state index contributed by atoms with van der Waals surface area (Å²) in [6.45, 7) is 0. The summed E-state index contributed by atoms with van der Waals surface area (Å²) >= 11 is 7.19. The number of rotatable bonds is 6. The number of nitrogens with one attached hydrogen (secondary N) is 1. The molecule has 1 atom stereocenters. The van der Waals surface area contributed by atoms with Crippen LogP contribution in [-0.2, 0) is 14.6 Å². The largest absolute Gasteiger partial charge is 0.493 e. The van der Waals surface area contributed by atoms with Gasteiger partial charge in [0.1, 0.15) is 4.90 Å². The molecule has 168 valence electrons. The molecule has 1 unspecified atom stereocenters. The van der Waals surface area contributed by atoms with Crippen molar-refractivity contribution in [3.63, 3.8) is 0 Å². The second kappa shape index (κ2) is 8.65. The predicted octanol–water partition coefficient (Wildman–Crippen LogP) is 4.73. The van der Waals surface area contributed by atoms with E-state index in [1.54, 1.807) is 17.5 Å². The highest BCUT2D eigenvalue weighted by Crippen LogP contribution is 2.48. The first kappa shape index (κ1) is 22.4. The van der Waals surface area contributed by atoms with E-state index in [9.17, 15) is 13.2 Å². The minimum absolute atomic E-state index is 0.0605. The van der Waals surface area contributed by atoms with Crippen LogP contribution in [0.1, 0.15) is 22.8 Å². The first-order valence-electron chi connectivity index (χ1n) is 9.52. The minimum atomic E-state index is -3.85. The number of carbonyl (C=O) groups is 1. The summed E-state index contributed by atoms with van der Waals surface area (Å²) in [4.78, 5) is 13.5. The molecule has 0 spiro atoms. The Labute approximate surface area is 194 Å². The van der Waals surface area contributed by atoms with Crippen LogP contribution in [0, 0.1) is 0 Å². The van der Waals surface area contributed by atoms with Crippen LogP contribution >= 0.6 is 22.9 Å². The lowest BCUT2D eigenvalue weighted by atomic mass is 9.90. The van der Waals surface area contributed by atoms with Crippen LogP contribution in [0.25, 0.3) is 0 Å². The molecule has 1 aliphatic heterocycles. The molecule has 0 fully saturated rings. The Kier molecular flexibility index (Phi) is 6.07. The molecular weight excluding hydrogens is 474 g/mol. The SMILES string of the molecule is COc1cc(C2CC(=O)Nc3c(S(=O)(=O)c4ccc(Cl)cc4)csc32)cc(OC)c1OC. The maximum atomic E-state index is 13.3. The normalized spacial score (nSPS) is 15.6. The van der Waals surface area contributed by atoms with E-state index in [0.717, 1.165) is 10.4 Å². The molecule has 10 heteroatoms. The van der Waals surface area contributed by atoms with Gasteiger partial charge in [-0.05, 0) is 42.0 Å². The van der Waals surface area contributed by atoms with Crippen LogP contribution in [0.2, 0.25) is 5.02 Å². The van der Waals surface area contributed by atoms with E-state index in [2.05, 4.69) is 5.32 Å².